The first kappa shape index (κ1) is 32.8. The van der Waals surface area contributed by atoms with Gasteiger partial charge in [-0.2, -0.15) is 0 Å². The first-order chi connectivity index (χ1) is 12.2. The Bertz CT molecular complexity index is 396. The van der Waals surface area contributed by atoms with Gasteiger partial charge in [0.1, 0.15) is 0 Å². The summed E-state index contributed by atoms with van der Waals surface area (Å²) in [6, 6.07) is 12.0. The first-order valence-corrected chi connectivity index (χ1v) is 11.2. The van der Waals surface area contributed by atoms with Gasteiger partial charge in [0.15, 0.2) is 0 Å². The summed E-state index contributed by atoms with van der Waals surface area (Å²) in [7, 11) is -0.553. The van der Waals surface area contributed by atoms with Gasteiger partial charge in [0.25, 0.3) is 0 Å². The van der Waals surface area contributed by atoms with Crippen molar-refractivity contribution in [2.75, 3.05) is 13.2 Å². The number of benzene rings is 1. The van der Waals surface area contributed by atoms with Crippen LogP contribution in [0.1, 0.15) is 54.4 Å². The first-order valence-electron chi connectivity index (χ1n) is 9.74. The molecular weight excluding hydrogens is 411 g/mol. The van der Waals surface area contributed by atoms with Crippen molar-refractivity contribution in [2.24, 2.45) is 0 Å². The van der Waals surface area contributed by atoms with Crippen LogP contribution in [0.3, 0.4) is 0 Å². The van der Waals surface area contributed by atoms with Gasteiger partial charge in [-0.05, 0) is 12.8 Å². The average Bonchev–Trinajstić information content (AvgIpc) is 3.15. The van der Waals surface area contributed by atoms with Gasteiger partial charge >= 0.3 is 103 Å². The maximum Gasteiger partial charge on any atom is 1.00 e. The molecule has 1 saturated heterocycles. The Hall–Kier alpha value is 2.67. The summed E-state index contributed by atoms with van der Waals surface area (Å²) in [5.41, 5.74) is 1.56. The largest absolute Gasteiger partial charge is 1.00 e. The minimum atomic E-state index is -0.553. The molecule has 1 aliphatic heterocycles. The van der Waals surface area contributed by atoms with Crippen LogP contribution in [-0.4, -0.2) is 22.0 Å². The molecule has 3 rings (SSSR count). The SMILES string of the molecule is C1CCOC1.CC(C)(C)[Si-]([C-]1[CH-][CH-][CH-][CH-][CH-]1)C(C)(C)C.[K+].[K+].c1ccccc1. The van der Waals surface area contributed by atoms with Gasteiger partial charge in [-0.1, -0.05) is 77.9 Å². The summed E-state index contributed by atoms with van der Waals surface area (Å²) in [4.78, 5) is 0. The molecule has 28 heavy (non-hydrogen) atoms. The van der Waals surface area contributed by atoms with E-state index in [1.165, 1.54) is 12.8 Å². The molecule has 1 aliphatic carbocycles. The molecule has 1 aromatic rings. The third kappa shape index (κ3) is 15.5. The Balaban J connectivity index is 0. The van der Waals surface area contributed by atoms with Crippen molar-refractivity contribution in [1.82, 2.24) is 0 Å². The molecule has 0 unspecified atom stereocenters. The van der Waals surface area contributed by atoms with Crippen molar-refractivity contribution >= 4 is 8.80 Å². The molecule has 0 N–H and O–H groups in total. The molecule has 0 radical (unpaired) electrons. The summed E-state index contributed by atoms with van der Waals surface area (Å²) in [5.74, 6) is 0. The number of hydrogen-bond donors (Lipinski definition) is 0. The van der Waals surface area contributed by atoms with Crippen LogP contribution in [0.2, 0.25) is 10.1 Å². The minimum absolute atomic E-state index is 0. The van der Waals surface area contributed by atoms with Gasteiger partial charge in [0.2, 0.25) is 0 Å². The van der Waals surface area contributed by atoms with Crippen molar-refractivity contribution in [3.05, 3.63) is 74.0 Å². The molecule has 1 nitrogen and oxygen atoms in total. The molecule has 2 fully saturated rings. The predicted molar refractivity (Wildman–Crippen MR) is 116 cm³/mol. The zero-order valence-electron chi connectivity index (χ0n) is 19.6. The average molecular weight is 448 g/mol. The summed E-state index contributed by atoms with van der Waals surface area (Å²) >= 11 is 0. The third-order valence-corrected chi connectivity index (χ3v) is 7.97. The Morgan fingerprint density at radius 2 is 1.04 bits per heavy atom. The van der Waals surface area contributed by atoms with E-state index < -0.39 is 8.80 Å². The van der Waals surface area contributed by atoms with Gasteiger partial charge < -0.3 is 51.2 Å². The van der Waals surface area contributed by atoms with Crippen LogP contribution in [-0.2, 0) is 4.74 Å². The van der Waals surface area contributed by atoms with Crippen LogP contribution < -0.4 is 103 Å². The molecule has 0 atom stereocenters. The van der Waals surface area contributed by atoms with Crippen LogP contribution in [0.25, 0.3) is 0 Å². The summed E-state index contributed by atoms with van der Waals surface area (Å²) in [6.07, 6.45) is 13.6. The van der Waals surface area contributed by atoms with Crippen LogP contribution in [0.15, 0.2) is 36.4 Å². The van der Waals surface area contributed by atoms with Gasteiger partial charge in [-0.3, -0.25) is 0 Å². The van der Waals surface area contributed by atoms with Gasteiger partial charge in [-0.25, -0.2) is 10.1 Å². The van der Waals surface area contributed by atoms with E-state index in [-0.39, 0.29) is 103 Å². The van der Waals surface area contributed by atoms with Crippen molar-refractivity contribution in [2.45, 2.75) is 64.5 Å². The molecular formula is C24H37K2OSi-5. The Morgan fingerprint density at radius 3 is 1.29 bits per heavy atom. The van der Waals surface area contributed by atoms with E-state index in [1.807, 2.05) is 36.4 Å². The molecule has 1 aromatic carbocycles. The number of rotatable bonds is 1. The molecule has 0 aromatic heterocycles. The second kappa shape index (κ2) is 18.1. The Morgan fingerprint density at radius 1 is 0.679 bits per heavy atom. The van der Waals surface area contributed by atoms with Crippen LogP contribution in [0.4, 0.5) is 0 Å². The van der Waals surface area contributed by atoms with Crippen molar-refractivity contribution in [1.29, 1.82) is 0 Å². The van der Waals surface area contributed by atoms with E-state index in [9.17, 15) is 0 Å². The van der Waals surface area contributed by atoms with Crippen molar-refractivity contribution < 1.29 is 108 Å². The minimum Gasteiger partial charge on any atom is -0.861 e. The van der Waals surface area contributed by atoms with Crippen molar-refractivity contribution in [3.63, 3.8) is 0 Å². The molecule has 1 heterocycles. The number of hydrogen-bond acceptors (Lipinski definition) is 1. The fourth-order valence-electron chi connectivity index (χ4n) is 3.49. The summed E-state index contributed by atoms with van der Waals surface area (Å²) in [5, 5.41) is 0.814. The summed E-state index contributed by atoms with van der Waals surface area (Å²) in [6.45, 7) is 16.2. The fraction of sp³-hybridized carbons (Fsp3) is 0.500. The Kier molecular flexibility index (Phi) is 21.3. The van der Waals surface area contributed by atoms with Gasteiger partial charge in [0, 0.05) is 13.2 Å². The molecule has 150 valence electrons. The standard InChI is InChI=1S/C14H23Si.C6H6.C4H8O.2K/c1-13(2,3)15(14(4,5)6)12-10-8-7-9-11-12;1-2-4-6-5-3-1;1-2-4-5-3-1;;/h7-11H,1-6H3;1-6H;1-4H2;;/q-7;;;2*+1. The van der Waals surface area contributed by atoms with Crippen LogP contribution in [0, 0.1) is 37.6 Å². The van der Waals surface area contributed by atoms with Gasteiger partial charge in [-0.15, -0.1) is 0 Å². The second-order valence-electron chi connectivity index (χ2n) is 8.72. The quantitative estimate of drug-likeness (QED) is 0.455. The molecule has 0 amide bonds. The molecule has 0 spiro atoms. The van der Waals surface area contributed by atoms with E-state index in [0.717, 1.165) is 13.2 Å². The normalized spacial score (nSPS) is 17.2. The van der Waals surface area contributed by atoms with E-state index in [2.05, 4.69) is 73.6 Å². The number of ether oxygens (including phenoxy) is 1. The zero-order chi connectivity index (χ0) is 19.5. The van der Waals surface area contributed by atoms with E-state index in [1.54, 1.807) is 5.54 Å². The Labute approximate surface area is 263 Å². The maximum atomic E-state index is 4.94. The zero-order valence-corrected chi connectivity index (χ0v) is 26.8. The molecule has 0 bridgehead atoms. The third-order valence-electron chi connectivity index (χ3n) is 4.06. The monoisotopic (exact) mass is 447 g/mol. The summed E-state index contributed by atoms with van der Waals surface area (Å²) < 4.78 is 4.94. The van der Waals surface area contributed by atoms with E-state index in [0.29, 0.717) is 10.1 Å². The second-order valence-corrected chi connectivity index (χ2v) is 13.0. The smallest absolute Gasteiger partial charge is 0.861 e. The maximum absolute atomic E-state index is 4.94. The van der Waals surface area contributed by atoms with Crippen LogP contribution in [0.5, 0.6) is 0 Å². The topological polar surface area (TPSA) is 9.23 Å². The predicted octanol–water partition coefficient (Wildman–Crippen LogP) is 0.722. The van der Waals surface area contributed by atoms with Gasteiger partial charge in [0.05, 0.1) is 0 Å². The molecule has 2 aliphatic rings. The molecule has 4 heteroatoms. The fourth-order valence-corrected chi connectivity index (χ4v) is 8.00. The van der Waals surface area contributed by atoms with E-state index >= 15 is 0 Å². The van der Waals surface area contributed by atoms with Crippen LogP contribution >= 0.6 is 0 Å². The van der Waals surface area contributed by atoms with E-state index in [4.69, 9.17) is 4.74 Å². The van der Waals surface area contributed by atoms with Crippen molar-refractivity contribution in [3.8, 4) is 0 Å². The molecule has 1 saturated carbocycles.